The van der Waals surface area contributed by atoms with Crippen molar-refractivity contribution >= 4 is 12.1 Å². The number of amides is 1. The summed E-state index contributed by atoms with van der Waals surface area (Å²) < 4.78 is 10.8. The molecule has 1 fully saturated rings. The Balaban J connectivity index is 1.58. The van der Waals surface area contributed by atoms with Gasteiger partial charge in [-0.25, -0.2) is 9.59 Å². The lowest BCUT2D eigenvalue weighted by Gasteiger charge is -2.22. The van der Waals surface area contributed by atoms with Gasteiger partial charge in [-0.05, 0) is 24.8 Å². The molecule has 1 aliphatic heterocycles. The Labute approximate surface area is 175 Å². The molecule has 1 saturated heterocycles. The number of unbranched alkanes of at least 4 members (excludes halogenated alkanes) is 8. The van der Waals surface area contributed by atoms with E-state index in [0.29, 0.717) is 19.6 Å². The smallest absolute Gasteiger partial charge is 0.410 e. The van der Waals surface area contributed by atoms with Gasteiger partial charge in [-0.1, -0.05) is 88.6 Å². The molecule has 29 heavy (non-hydrogen) atoms. The van der Waals surface area contributed by atoms with Crippen molar-refractivity contribution in [3.63, 3.8) is 0 Å². The quantitative estimate of drug-likeness (QED) is 0.306. The van der Waals surface area contributed by atoms with Gasteiger partial charge in [0.15, 0.2) is 0 Å². The van der Waals surface area contributed by atoms with Crippen LogP contribution in [-0.2, 0) is 20.9 Å². The number of likely N-dealkylation sites (tertiary alicyclic amines) is 1. The Bertz CT molecular complexity index is 590. The number of rotatable bonds is 13. The number of hydrogen-bond donors (Lipinski definition) is 0. The van der Waals surface area contributed by atoms with Gasteiger partial charge in [-0.15, -0.1) is 0 Å². The number of benzene rings is 1. The van der Waals surface area contributed by atoms with E-state index in [1.54, 1.807) is 0 Å². The van der Waals surface area contributed by atoms with E-state index in [0.717, 1.165) is 24.8 Å². The van der Waals surface area contributed by atoms with E-state index in [1.807, 2.05) is 30.3 Å². The van der Waals surface area contributed by atoms with Crippen molar-refractivity contribution in [2.24, 2.45) is 0 Å². The minimum atomic E-state index is -0.503. The molecule has 0 aliphatic carbocycles. The SMILES string of the molecule is CCCCCCCCCCCOC(=O)C1CCCN1C(=O)OCc1ccccc1. The zero-order valence-electron chi connectivity index (χ0n) is 17.9. The van der Waals surface area contributed by atoms with Crippen LogP contribution >= 0.6 is 0 Å². The molecule has 0 bridgehead atoms. The molecule has 1 unspecified atom stereocenters. The standard InChI is InChI=1S/C24H37NO4/c1-2-3-4-5-6-7-8-9-13-19-28-23(26)22-17-14-18-25(22)24(27)29-20-21-15-11-10-12-16-21/h10-12,15-16,22H,2-9,13-14,17-20H2,1H3. The first-order chi connectivity index (χ1) is 14.2. The number of ether oxygens (including phenoxy) is 2. The van der Waals surface area contributed by atoms with Gasteiger partial charge in [0.25, 0.3) is 0 Å². The summed E-state index contributed by atoms with van der Waals surface area (Å²) in [5.41, 5.74) is 0.935. The lowest BCUT2D eigenvalue weighted by molar-refractivity contribution is -0.148. The van der Waals surface area contributed by atoms with Gasteiger partial charge >= 0.3 is 12.1 Å². The number of carbonyl (C=O) groups excluding carboxylic acids is 2. The summed E-state index contributed by atoms with van der Waals surface area (Å²) in [6.07, 6.45) is 12.1. The van der Waals surface area contributed by atoms with Crippen molar-refractivity contribution in [2.75, 3.05) is 13.2 Å². The maximum Gasteiger partial charge on any atom is 0.410 e. The third-order valence-electron chi connectivity index (χ3n) is 5.46. The van der Waals surface area contributed by atoms with Crippen LogP contribution in [-0.4, -0.2) is 36.2 Å². The molecule has 0 N–H and O–H groups in total. The van der Waals surface area contributed by atoms with E-state index < -0.39 is 12.1 Å². The number of esters is 1. The number of hydrogen-bond acceptors (Lipinski definition) is 4. The van der Waals surface area contributed by atoms with Gasteiger partial charge in [-0.3, -0.25) is 4.90 Å². The van der Waals surface area contributed by atoms with Crippen LogP contribution in [0.1, 0.15) is 83.1 Å². The minimum absolute atomic E-state index is 0.219. The summed E-state index contributed by atoms with van der Waals surface area (Å²) in [4.78, 5) is 26.3. The fraction of sp³-hybridized carbons (Fsp3) is 0.667. The lowest BCUT2D eigenvalue weighted by atomic mass is 10.1. The van der Waals surface area contributed by atoms with Crippen LogP contribution in [0.3, 0.4) is 0 Å². The van der Waals surface area contributed by atoms with Gasteiger partial charge in [-0.2, -0.15) is 0 Å². The van der Waals surface area contributed by atoms with Crippen molar-refractivity contribution in [2.45, 2.75) is 90.2 Å². The summed E-state index contributed by atoms with van der Waals surface area (Å²) in [5, 5.41) is 0. The Morgan fingerprint density at radius 2 is 1.59 bits per heavy atom. The number of nitrogens with zero attached hydrogens (tertiary/aromatic N) is 1. The van der Waals surface area contributed by atoms with Gasteiger partial charge in [0, 0.05) is 6.54 Å². The topological polar surface area (TPSA) is 55.8 Å². The summed E-state index contributed by atoms with van der Waals surface area (Å²) in [6, 6.07) is 9.06. The van der Waals surface area contributed by atoms with Crippen LogP contribution < -0.4 is 0 Å². The Morgan fingerprint density at radius 1 is 0.931 bits per heavy atom. The van der Waals surface area contributed by atoms with Gasteiger partial charge in [0.05, 0.1) is 6.61 Å². The predicted octanol–water partition coefficient (Wildman–Crippen LogP) is 5.86. The summed E-state index contributed by atoms with van der Waals surface area (Å²) >= 11 is 0. The van der Waals surface area contributed by atoms with E-state index in [9.17, 15) is 9.59 Å². The Hall–Kier alpha value is -2.04. The monoisotopic (exact) mass is 403 g/mol. The largest absolute Gasteiger partial charge is 0.464 e. The van der Waals surface area contributed by atoms with E-state index in [2.05, 4.69) is 6.92 Å². The number of carbonyl (C=O) groups is 2. The highest BCUT2D eigenvalue weighted by Gasteiger charge is 2.36. The fourth-order valence-electron chi connectivity index (χ4n) is 3.71. The molecule has 0 saturated carbocycles. The summed E-state index contributed by atoms with van der Waals surface area (Å²) in [6.45, 7) is 3.44. The van der Waals surface area contributed by atoms with E-state index in [1.165, 1.54) is 49.8 Å². The molecule has 1 aliphatic rings. The van der Waals surface area contributed by atoms with Crippen molar-refractivity contribution in [3.05, 3.63) is 35.9 Å². The van der Waals surface area contributed by atoms with E-state index in [4.69, 9.17) is 9.47 Å². The van der Waals surface area contributed by atoms with Gasteiger partial charge in [0.1, 0.15) is 12.6 Å². The highest BCUT2D eigenvalue weighted by Crippen LogP contribution is 2.20. The molecule has 1 aromatic rings. The average Bonchev–Trinajstić information content (AvgIpc) is 3.24. The van der Waals surface area contributed by atoms with Gasteiger partial charge in [0.2, 0.25) is 0 Å². The molecule has 2 rings (SSSR count). The fourth-order valence-corrected chi connectivity index (χ4v) is 3.71. The first-order valence-corrected chi connectivity index (χ1v) is 11.4. The molecule has 1 amide bonds. The van der Waals surface area contributed by atoms with Crippen LogP contribution in [0.2, 0.25) is 0 Å². The van der Waals surface area contributed by atoms with Crippen LogP contribution in [0.25, 0.3) is 0 Å². The third-order valence-corrected chi connectivity index (χ3v) is 5.46. The van der Waals surface area contributed by atoms with Crippen LogP contribution in [0.5, 0.6) is 0 Å². The minimum Gasteiger partial charge on any atom is -0.464 e. The van der Waals surface area contributed by atoms with Gasteiger partial charge < -0.3 is 9.47 Å². The van der Waals surface area contributed by atoms with E-state index >= 15 is 0 Å². The first-order valence-electron chi connectivity index (χ1n) is 11.4. The average molecular weight is 404 g/mol. The Kier molecular flexibility index (Phi) is 11.2. The third kappa shape index (κ3) is 8.88. The zero-order valence-corrected chi connectivity index (χ0v) is 17.9. The molecular formula is C24H37NO4. The molecule has 162 valence electrons. The maximum absolute atomic E-state index is 12.4. The van der Waals surface area contributed by atoms with Crippen LogP contribution in [0.15, 0.2) is 30.3 Å². The summed E-state index contributed by atoms with van der Waals surface area (Å²) in [7, 11) is 0. The Morgan fingerprint density at radius 3 is 2.28 bits per heavy atom. The molecule has 1 heterocycles. The molecular weight excluding hydrogens is 366 g/mol. The molecule has 5 heteroatoms. The van der Waals surface area contributed by atoms with Crippen LogP contribution in [0.4, 0.5) is 4.79 Å². The highest BCUT2D eigenvalue weighted by molar-refractivity contribution is 5.82. The normalized spacial score (nSPS) is 16.0. The first kappa shape index (κ1) is 23.2. The molecule has 0 radical (unpaired) electrons. The summed E-state index contributed by atoms with van der Waals surface area (Å²) in [5.74, 6) is -0.293. The van der Waals surface area contributed by atoms with Crippen molar-refractivity contribution in [3.8, 4) is 0 Å². The van der Waals surface area contributed by atoms with Crippen molar-refractivity contribution in [1.82, 2.24) is 4.90 Å². The maximum atomic E-state index is 12.4. The highest BCUT2D eigenvalue weighted by atomic mass is 16.6. The second kappa shape index (κ2) is 14.0. The second-order valence-corrected chi connectivity index (χ2v) is 7.89. The molecule has 1 atom stereocenters. The second-order valence-electron chi connectivity index (χ2n) is 7.89. The molecule has 0 spiro atoms. The predicted molar refractivity (Wildman–Crippen MR) is 115 cm³/mol. The van der Waals surface area contributed by atoms with Crippen LogP contribution in [0, 0.1) is 0 Å². The molecule has 1 aromatic carbocycles. The molecule has 5 nitrogen and oxygen atoms in total. The van der Waals surface area contributed by atoms with Crippen molar-refractivity contribution < 1.29 is 19.1 Å². The van der Waals surface area contributed by atoms with Crippen molar-refractivity contribution in [1.29, 1.82) is 0 Å². The lowest BCUT2D eigenvalue weighted by Crippen LogP contribution is -2.41. The molecule has 0 aromatic heterocycles. The zero-order chi connectivity index (χ0) is 20.7. The van der Waals surface area contributed by atoms with E-state index in [-0.39, 0.29) is 12.6 Å².